The van der Waals surface area contributed by atoms with Crippen molar-refractivity contribution in [2.24, 2.45) is 0 Å². The fourth-order valence-electron chi connectivity index (χ4n) is 4.95. The maximum Gasteiger partial charge on any atom is 0.333 e. The van der Waals surface area contributed by atoms with E-state index in [0.29, 0.717) is 6.54 Å². The fraction of sp³-hybridized carbons (Fsp3) is 0.303. The van der Waals surface area contributed by atoms with Crippen LogP contribution < -0.4 is 5.69 Å². The number of hydrogen-bond acceptors (Lipinski definition) is 1. The molecule has 36 heavy (non-hydrogen) atoms. The SMILES string of the molecule is C=CCCCCCCCCc1c(Cc2ccccc2)n(-c2ccccc2)c(=O)n1Cc1ccccc1. The quantitative estimate of drug-likeness (QED) is 0.134. The molecule has 0 aliphatic heterocycles. The van der Waals surface area contributed by atoms with Crippen LogP contribution in [-0.2, 0) is 19.4 Å². The van der Waals surface area contributed by atoms with Crippen molar-refractivity contribution in [1.29, 1.82) is 0 Å². The Hall–Kier alpha value is -3.59. The molecule has 1 aromatic heterocycles. The number of nitrogens with zero attached hydrogens (tertiary/aromatic N) is 2. The van der Waals surface area contributed by atoms with Crippen LogP contribution in [0.25, 0.3) is 5.69 Å². The maximum atomic E-state index is 14.0. The zero-order valence-electron chi connectivity index (χ0n) is 21.3. The number of benzene rings is 3. The van der Waals surface area contributed by atoms with Crippen LogP contribution in [0.15, 0.2) is 108 Å². The summed E-state index contributed by atoms with van der Waals surface area (Å²) in [4.78, 5) is 14.0. The molecule has 0 saturated carbocycles. The van der Waals surface area contributed by atoms with Crippen molar-refractivity contribution in [3.63, 3.8) is 0 Å². The fourth-order valence-corrected chi connectivity index (χ4v) is 4.95. The minimum atomic E-state index is 0.0513. The number of para-hydroxylation sites is 1. The molecule has 0 radical (unpaired) electrons. The predicted octanol–water partition coefficient (Wildman–Crippen LogP) is 7.74. The summed E-state index contributed by atoms with van der Waals surface area (Å²) in [7, 11) is 0. The summed E-state index contributed by atoms with van der Waals surface area (Å²) in [5.74, 6) is 0. The molecule has 3 aromatic carbocycles. The van der Waals surface area contributed by atoms with Gasteiger partial charge in [0.15, 0.2) is 0 Å². The Kier molecular flexibility index (Phi) is 9.55. The normalized spacial score (nSPS) is 11.0. The highest BCUT2D eigenvalue weighted by atomic mass is 16.1. The Balaban J connectivity index is 1.67. The number of aromatic nitrogens is 2. The molecule has 0 atom stereocenters. The van der Waals surface area contributed by atoms with E-state index in [1.807, 2.05) is 69.8 Å². The van der Waals surface area contributed by atoms with Crippen molar-refractivity contribution in [2.75, 3.05) is 0 Å². The van der Waals surface area contributed by atoms with E-state index in [-0.39, 0.29) is 5.69 Å². The van der Waals surface area contributed by atoms with Crippen LogP contribution >= 0.6 is 0 Å². The molecule has 4 rings (SSSR count). The highest BCUT2D eigenvalue weighted by Crippen LogP contribution is 2.22. The summed E-state index contributed by atoms with van der Waals surface area (Å²) in [6.45, 7) is 4.41. The first-order valence-electron chi connectivity index (χ1n) is 13.4. The lowest BCUT2D eigenvalue weighted by Crippen LogP contribution is -2.25. The van der Waals surface area contributed by atoms with Crippen molar-refractivity contribution in [3.8, 4) is 5.69 Å². The van der Waals surface area contributed by atoms with Crippen LogP contribution in [0.5, 0.6) is 0 Å². The Morgan fingerprint density at radius 1 is 0.639 bits per heavy atom. The number of hydrogen-bond donors (Lipinski definition) is 0. The predicted molar refractivity (Wildman–Crippen MR) is 151 cm³/mol. The molecule has 0 fully saturated rings. The highest BCUT2D eigenvalue weighted by molar-refractivity contribution is 5.38. The molecule has 0 spiro atoms. The number of rotatable bonds is 14. The first kappa shape index (κ1) is 25.5. The monoisotopic (exact) mass is 478 g/mol. The van der Waals surface area contributed by atoms with Gasteiger partial charge in [-0.15, -0.1) is 6.58 Å². The maximum absolute atomic E-state index is 14.0. The van der Waals surface area contributed by atoms with Crippen LogP contribution in [0.4, 0.5) is 0 Å². The minimum Gasteiger partial charge on any atom is -0.291 e. The summed E-state index contributed by atoms with van der Waals surface area (Å²) < 4.78 is 3.96. The molecule has 1 heterocycles. The summed E-state index contributed by atoms with van der Waals surface area (Å²) in [6, 6.07) is 30.9. The first-order chi connectivity index (χ1) is 17.8. The summed E-state index contributed by atoms with van der Waals surface area (Å²) in [5, 5.41) is 0. The van der Waals surface area contributed by atoms with Gasteiger partial charge < -0.3 is 0 Å². The minimum absolute atomic E-state index is 0.0513. The molecule has 0 aliphatic rings. The molecule has 4 aromatic rings. The van der Waals surface area contributed by atoms with Gasteiger partial charge in [0.1, 0.15) is 0 Å². The van der Waals surface area contributed by atoms with Crippen molar-refractivity contribution < 1.29 is 0 Å². The standard InChI is InChI=1S/C33H38N2O/c1-2-3-4-5-6-7-8-18-25-31-32(26-28-19-12-9-13-20-28)35(30-23-16-11-17-24-30)33(36)34(31)27-29-21-14-10-15-22-29/h2,9-17,19-24H,1,3-8,18,25-27H2. The molecule has 0 bridgehead atoms. The Labute approximate surface area is 215 Å². The van der Waals surface area contributed by atoms with Gasteiger partial charge in [0.25, 0.3) is 0 Å². The second kappa shape index (κ2) is 13.5. The van der Waals surface area contributed by atoms with E-state index in [0.717, 1.165) is 42.6 Å². The molecular weight excluding hydrogens is 440 g/mol. The van der Waals surface area contributed by atoms with Crippen molar-refractivity contribution in [1.82, 2.24) is 9.13 Å². The van der Waals surface area contributed by atoms with Gasteiger partial charge in [0.2, 0.25) is 0 Å². The third kappa shape index (κ3) is 6.75. The molecule has 0 N–H and O–H groups in total. The zero-order valence-corrected chi connectivity index (χ0v) is 21.3. The van der Waals surface area contributed by atoms with Crippen LogP contribution in [0, 0.1) is 0 Å². The van der Waals surface area contributed by atoms with Crippen LogP contribution in [-0.4, -0.2) is 9.13 Å². The Bertz CT molecular complexity index is 1250. The van der Waals surface area contributed by atoms with Crippen LogP contribution in [0.3, 0.4) is 0 Å². The topological polar surface area (TPSA) is 26.9 Å². The smallest absolute Gasteiger partial charge is 0.291 e. The molecule has 3 heteroatoms. The molecule has 0 unspecified atom stereocenters. The largest absolute Gasteiger partial charge is 0.333 e. The third-order valence-corrected chi connectivity index (χ3v) is 6.84. The van der Waals surface area contributed by atoms with Gasteiger partial charge in [-0.05, 0) is 48.9 Å². The second-order valence-corrected chi connectivity index (χ2v) is 9.53. The molecule has 3 nitrogen and oxygen atoms in total. The van der Waals surface area contributed by atoms with E-state index >= 15 is 0 Å². The molecule has 0 saturated heterocycles. The van der Waals surface area contributed by atoms with E-state index in [2.05, 4.69) is 43.0 Å². The zero-order chi connectivity index (χ0) is 25.0. The Morgan fingerprint density at radius 2 is 1.19 bits per heavy atom. The average molecular weight is 479 g/mol. The summed E-state index contributed by atoms with van der Waals surface area (Å²) >= 11 is 0. The summed E-state index contributed by atoms with van der Waals surface area (Å²) in [6.07, 6.45) is 12.1. The lowest BCUT2D eigenvalue weighted by molar-refractivity contribution is 0.584. The van der Waals surface area contributed by atoms with E-state index in [1.165, 1.54) is 43.4 Å². The van der Waals surface area contributed by atoms with E-state index in [1.54, 1.807) is 0 Å². The summed E-state index contributed by atoms with van der Waals surface area (Å²) in [5.41, 5.74) is 5.64. The van der Waals surface area contributed by atoms with Crippen molar-refractivity contribution in [2.45, 2.75) is 64.3 Å². The van der Waals surface area contributed by atoms with E-state index in [4.69, 9.17) is 0 Å². The third-order valence-electron chi connectivity index (χ3n) is 6.84. The second-order valence-electron chi connectivity index (χ2n) is 9.53. The highest BCUT2D eigenvalue weighted by Gasteiger charge is 2.21. The van der Waals surface area contributed by atoms with Gasteiger partial charge in [-0.3, -0.25) is 9.13 Å². The van der Waals surface area contributed by atoms with Crippen LogP contribution in [0.2, 0.25) is 0 Å². The Morgan fingerprint density at radius 3 is 1.83 bits per heavy atom. The van der Waals surface area contributed by atoms with Gasteiger partial charge in [0, 0.05) is 12.1 Å². The molecule has 0 amide bonds. The lowest BCUT2D eigenvalue weighted by Gasteiger charge is -2.12. The average Bonchev–Trinajstić information content (AvgIpc) is 3.17. The van der Waals surface area contributed by atoms with Gasteiger partial charge in [0.05, 0.1) is 17.9 Å². The molecule has 0 aliphatic carbocycles. The van der Waals surface area contributed by atoms with Crippen LogP contribution in [0.1, 0.15) is 67.5 Å². The number of unbranched alkanes of at least 4 members (excludes halogenated alkanes) is 6. The van der Waals surface area contributed by atoms with Gasteiger partial charge in [-0.25, -0.2) is 4.79 Å². The van der Waals surface area contributed by atoms with Gasteiger partial charge in [-0.1, -0.05) is 111 Å². The molecular formula is C33H38N2O. The van der Waals surface area contributed by atoms with E-state index < -0.39 is 0 Å². The molecule has 186 valence electrons. The van der Waals surface area contributed by atoms with Crippen molar-refractivity contribution in [3.05, 3.63) is 137 Å². The lowest BCUT2D eigenvalue weighted by atomic mass is 10.0. The van der Waals surface area contributed by atoms with Gasteiger partial charge in [-0.2, -0.15) is 0 Å². The van der Waals surface area contributed by atoms with Crippen molar-refractivity contribution >= 4 is 0 Å². The number of allylic oxidation sites excluding steroid dienone is 1. The first-order valence-corrected chi connectivity index (χ1v) is 13.4. The number of imidazole rings is 1. The van der Waals surface area contributed by atoms with E-state index in [9.17, 15) is 4.79 Å². The van der Waals surface area contributed by atoms with Gasteiger partial charge >= 0.3 is 5.69 Å².